The van der Waals surface area contributed by atoms with E-state index in [1.807, 2.05) is 69.2 Å². The maximum atomic E-state index is 15.1. The summed E-state index contributed by atoms with van der Waals surface area (Å²) >= 11 is 0. The molecule has 1 unspecified atom stereocenters. The first kappa shape index (κ1) is 79.9. The summed E-state index contributed by atoms with van der Waals surface area (Å²) in [7, 11) is 10.1. The van der Waals surface area contributed by atoms with Crippen molar-refractivity contribution in [1.29, 1.82) is 0 Å². The van der Waals surface area contributed by atoms with Gasteiger partial charge in [-0.2, -0.15) is 0 Å². The molecule has 0 aliphatic rings. The molecule has 11 amide bonds. The summed E-state index contributed by atoms with van der Waals surface area (Å²) in [5.74, 6) is -8.35. The molecule has 0 aromatic heterocycles. The Morgan fingerprint density at radius 3 is 1.35 bits per heavy atom. The number of aliphatic hydroxyl groups is 1. The van der Waals surface area contributed by atoms with Crippen molar-refractivity contribution in [2.45, 2.75) is 230 Å². The predicted octanol–water partition coefficient (Wildman–Crippen LogP) is 4.04. The molecule has 0 aromatic rings. The van der Waals surface area contributed by atoms with E-state index in [2.05, 4.69) is 16.0 Å². The van der Waals surface area contributed by atoms with Crippen LogP contribution in [0, 0.1) is 41.4 Å². The number of nitrogens with one attached hydrogen (secondary N) is 3. The van der Waals surface area contributed by atoms with E-state index in [0.29, 0.717) is 25.7 Å². The van der Waals surface area contributed by atoms with Gasteiger partial charge in [0.2, 0.25) is 65.0 Å². The fourth-order valence-electron chi connectivity index (χ4n) is 10.4. The molecule has 0 aromatic carbocycles. The number of rotatable bonds is 37. The molecule has 23 heteroatoms. The number of hydrogen-bond donors (Lipinski definition) is 5. The fourth-order valence-corrected chi connectivity index (χ4v) is 10.4. The molecule has 0 heterocycles. The molecular weight excluding hydrogens is 1100 g/mol. The second kappa shape index (κ2) is 37.5. The maximum absolute atomic E-state index is 15.1. The zero-order chi connectivity index (χ0) is 67.1. The lowest BCUT2D eigenvalue weighted by molar-refractivity contribution is -0.157. The zero-order valence-corrected chi connectivity index (χ0v) is 57.0. The predicted molar refractivity (Wildman–Crippen MR) is 335 cm³/mol. The minimum absolute atomic E-state index is 0.0380. The number of hydrogen-bond acceptors (Lipinski definition) is 12. The lowest BCUT2D eigenvalue weighted by Gasteiger charge is -2.41. The summed E-state index contributed by atoms with van der Waals surface area (Å²) in [6.07, 6.45) is 4.20. The Kier molecular flexibility index (Phi) is 34.9. The summed E-state index contributed by atoms with van der Waals surface area (Å²) in [5, 5.41) is 20.3. The molecule has 0 radical (unpaired) electrons. The molecule has 0 fully saturated rings. The molecule has 0 aliphatic carbocycles. The van der Waals surface area contributed by atoms with E-state index in [1.165, 1.54) is 73.7 Å². The highest BCUT2D eigenvalue weighted by molar-refractivity contribution is 5.99. The zero-order valence-electron chi connectivity index (χ0n) is 57.0. The third-order valence-electron chi connectivity index (χ3n) is 16.4. The molecule has 0 aliphatic heterocycles. The second-order valence-corrected chi connectivity index (χ2v) is 25.7. The van der Waals surface area contributed by atoms with Crippen molar-refractivity contribution >= 4 is 65.0 Å². The first-order valence-electron chi connectivity index (χ1n) is 31.1. The highest BCUT2D eigenvalue weighted by Gasteiger charge is 2.45. The monoisotopic (exact) mass is 1220 g/mol. The molecular formula is C63H115N11O12. The molecule has 23 nitrogen and oxygen atoms in total. The van der Waals surface area contributed by atoms with Crippen LogP contribution in [0.3, 0.4) is 0 Å². The summed E-state index contributed by atoms with van der Waals surface area (Å²) in [5.41, 5.74) is 5.57. The van der Waals surface area contributed by atoms with E-state index in [1.54, 1.807) is 60.7 Å². The van der Waals surface area contributed by atoms with Crippen LogP contribution in [0.25, 0.3) is 0 Å². The number of primary amides is 1. The van der Waals surface area contributed by atoms with E-state index < -0.39 is 138 Å². The minimum Gasteiger partial charge on any atom is -0.390 e. The number of aliphatic hydroxyl groups excluding tert-OH is 1. The summed E-state index contributed by atoms with van der Waals surface area (Å²) < 4.78 is 0. The molecule has 0 spiro atoms. The van der Waals surface area contributed by atoms with Gasteiger partial charge in [0.05, 0.1) is 12.6 Å². The molecule has 6 N–H and O–H groups in total. The SMILES string of the molecule is C/C=C\C[C@@H](C)[C@H](O)C(C(=O)N[C@@H](CC)C(=O)N(C)CC(=O)N(C)[C@@H](CCC)C(N)=O)N(C)C(=O)[C@H](C(C)C)N(C)C(=O)[C@@H](CC(C)C)N(C)C(=O)[C@H](CC(C)C)N(C)C(=O)[C@H](C)NC(=O)[C@H](CC)NC(=O)[C@@H](CC(C)C)N(C)C(=O)[C@H](C)C(C)C. The first-order chi connectivity index (χ1) is 39.7. The van der Waals surface area contributed by atoms with Gasteiger partial charge in [0, 0.05) is 55.3 Å². The van der Waals surface area contributed by atoms with Gasteiger partial charge in [0.25, 0.3) is 0 Å². The van der Waals surface area contributed by atoms with Gasteiger partial charge < -0.3 is 61.1 Å². The van der Waals surface area contributed by atoms with Crippen LogP contribution in [0.2, 0.25) is 0 Å². The van der Waals surface area contributed by atoms with Crippen LogP contribution in [0.5, 0.6) is 0 Å². The number of nitrogens with zero attached hydrogens (tertiary/aromatic N) is 7. The maximum Gasteiger partial charge on any atom is 0.246 e. The van der Waals surface area contributed by atoms with Crippen LogP contribution in [0.4, 0.5) is 0 Å². The van der Waals surface area contributed by atoms with Crippen molar-refractivity contribution in [1.82, 2.24) is 50.2 Å². The number of carbonyl (C=O) groups is 11. The van der Waals surface area contributed by atoms with Crippen LogP contribution in [-0.2, 0) is 52.7 Å². The first-order valence-corrected chi connectivity index (χ1v) is 31.1. The van der Waals surface area contributed by atoms with E-state index in [-0.39, 0.29) is 61.2 Å². The molecule has 0 saturated heterocycles. The normalized spacial score (nSPS) is 15.9. The van der Waals surface area contributed by atoms with Gasteiger partial charge in [-0.15, -0.1) is 0 Å². The van der Waals surface area contributed by atoms with Crippen molar-refractivity contribution in [3.8, 4) is 0 Å². The largest absolute Gasteiger partial charge is 0.390 e. The average Bonchev–Trinajstić information content (AvgIpc) is 2.03. The Balaban J connectivity index is 7.11. The summed E-state index contributed by atoms with van der Waals surface area (Å²) in [6, 6.07) is -10.3. The van der Waals surface area contributed by atoms with Gasteiger partial charge in [-0.3, -0.25) is 52.7 Å². The summed E-state index contributed by atoms with van der Waals surface area (Å²) in [4.78, 5) is 163. The van der Waals surface area contributed by atoms with Crippen molar-refractivity contribution in [2.75, 3.05) is 55.9 Å². The third kappa shape index (κ3) is 23.2. The van der Waals surface area contributed by atoms with Crippen LogP contribution in [0.15, 0.2) is 12.2 Å². The molecule has 0 saturated carbocycles. The lowest BCUT2D eigenvalue weighted by atomic mass is 9.91. The molecule has 0 rings (SSSR count). The van der Waals surface area contributed by atoms with Crippen LogP contribution in [0.1, 0.15) is 169 Å². The number of nitrogens with two attached hydrogens (primary N) is 1. The quantitative estimate of drug-likeness (QED) is 0.0551. The van der Waals surface area contributed by atoms with Gasteiger partial charge in [-0.25, -0.2) is 0 Å². The molecule has 86 heavy (non-hydrogen) atoms. The van der Waals surface area contributed by atoms with Crippen molar-refractivity contribution in [3.05, 3.63) is 12.2 Å². The average molecular weight is 1220 g/mol. The molecule has 12 atom stereocenters. The minimum atomic E-state index is -1.60. The Labute approximate surface area is 516 Å². The number of carbonyl (C=O) groups excluding carboxylic acids is 11. The standard InChI is InChI=1S/C63H115N11O12/c1-25-29-31-41(15)53(76)52(57(80)67-45(28-4)60(83)68(18)35-50(75)69(19)46(30-26-2)54(64)77)74(24)63(86)51(40(13)14)73(23)62(85)49(34-38(9)10)72(22)61(84)48(33-37(7)8)71(21)59(82)43(17)65-55(78)44(27-3)66-56(79)47(32-36(5)6)70(20)58(81)42(16)39(11)12/h25,29,36-49,51-53,76H,26-28,30-35H2,1-24H3,(H2,64,77)(H,65,78)(H,66,79)(H,67,80)/b29-25-/t41-,42-,43+,44+,45+,46+,47-,48+,49-,51+,52?,53+/m1/s1. The fraction of sp³-hybridized carbons (Fsp3) is 0.794. The Morgan fingerprint density at radius 1 is 0.477 bits per heavy atom. The van der Waals surface area contributed by atoms with Gasteiger partial charge in [-0.05, 0) is 94.3 Å². The van der Waals surface area contributed by atoms with Gasteiger partial charge >= 0.3 is 0 Å². The second-order valence-electron chi connectivity index (χ2n) is 25.7. The van der Waals surface area contributed by atoms with E-state index in [0.717, 1.165) is 9.80 Å². The van der Waals surface area contributed by atoms with Gasteiger partial charge in [0.1, 0.15) is 54.4 Å². The van der Waals surface area contributed by atoms with E-state index in [4.69, 9.17) is 5.73 Å². The topological polar surface area (TPSA) is 293 Å². The van der Waals surface area contributed by atoms with E-state index >= 15 is 9.59 Å². The van der Waals surface area contributed by atoms with E-state index in [9.17, 15) is 48.3 Å². The highest BCUT2D eigenvalue weighted by Crippen LogP contribution is 2.25. The highest BCUT2D eigenvalue weighted by atomic mass is 16.3. The Morgan fingerprint density at radius 2 is 0.919 bits per heavy atom. The Bertz CT molecular complexity index is 2290. The number of allylic oxidation sites excluding steroid dienone is 2. The number of likely N-dealkylation sites (N-methyl/N-ethyl adjacent to an activating group) is 7. The number of amides is 11. The molecule has 0 bridgehead atoms. The molecule has 494 valence electrons. The third-order valence-corrected chi connectivity index (χ3v) is 16.4. The summed E-state index contributed by atoms with van der Waals surface area (Å²) in [6.45, 7) is 30.2. The van der Waals surface area contributed by atoms with Crippen molar-refractivity contribution in [2.24, 2.45) is 47.2 Å². The van der Waals surface area contributed by atoms with Crippen molar-refractivity contribution in [3.63, 3.8) is 0 Å². The van der Waals surface area contributed by atoms with Crippen LogP contribution in [-0.4, -0.2) is 221 Å². The van der Waals surface area contributed by atoms with Gasteiger partial charge in [-0.1, -0.05) is 122 Å². The van der Waals surface area contributed by atoms with Crippen molar-refractivity contribution < 1.29 is 57.8 Å². The van der Waals surface area contributed by atoms with Crippen LogP contribution >= 0.6 is 0 Å². The smallest absolute Gasteiger partial charge is 0.246 e. The van der Waals surface area contributed by atoms with Crippen LogP contribution < -0.4 is 21.7 Å². The van der Waals surface area contributed by atoms with Gasteiger partial charge in [0.15, 0.2) is 0 Å². The Hall–Kier alpha value is -6.13. The lowest BCUT2D eigenvalue weighted by Crippen LogP contribution is -2.63.